The molecule has 1 rings (SSSR count). The summed E-state index contributed by atoms with van der Waals surface area (Å²) in [6, 6.07) is 0.218. The molecule has 0 saturated carbocycles. The highest BCUT2D eigenvalue weighted by molar-refractivity contribution is 4.93. The molecule has 1 atom stereocenters. The molecule has 1 heterocycles. The molecule has 0 aliphatic heterocycles. The van der Waals surface area contributed by atoms with Crippen LogP contribution in [0.25, 0.3) is 0 Å². The van der Waals surface area contributed by atoms with Crippen molar-refractivity contribution in [2.75, 3.05) is 26.8 Å². The summed E-state index contributed by atoms with van der Waals surface area (Å²) in [4.78, 5) is 6.49. The van der Waals surface area contributed by atoms with Crippen LogP contribution in [0.5, 0.6) is 0 Å². The normalized spacial score (nSPS) is 13.4. The van der Waals surface area contributed by atoms with Gasteiger partial charge in [-0.2, -0.15) is 5.10 Å². The Bertz CT molecular complexity index is 287. The van der Waals surface area contributed by atoms with Crippen molar-refractivity contribution in [3.8, 4) is 0 Å². The maximum absolute atomic E-state index is 5.31. The minimum atomic E-state index is 0.218. The summed E-state index contributed by atoms with van der Waals surface area (Å²) in [5.74, 6) is 1.70. The second-order valence-electron chi connectivity index (χ2n) is 3.63. The van der Waals surface area contributed by atoms with Crippen LogP contribution in [0.3, 0.4) is 0 Å². The van der Waals surface area contributed by atoms with Crippen LogP contribution in [-0.2, 0) is 4.74 Å². The standard InChI is InChI=1S/C10H20N4O/c1-5-15-7-6-14(4)8(2)10-11-9(3)12-13-10/h8H,5-7H2,1-4H3,(H,11,12,13)/t8-/m0/s1. The molecule has 15 heavy (non-hydrogen) atoms. The van der Waals surface area contributed by atoms with E-state index in [1.165, 1.54) is 0 Å². The summed E-state index contributed by atoms with van der Waals surface area (Å²) in [5.41, 5.74) is 0. The van der Waals surface area contributed by atoms with Crippen LogP contribution in [0.1, 0.15) is 31.5 Å². The number of likely N-dealkylation sites (N-methyl/N-ethyl adjacent to an activating group) is 1. The molecule has 0 bridgehead atoms. The molecule has 5 heteroatoms. The first-order valence-corrected chi connectivity index (χ1v) is 5.32. The Morgan fingerprint density at radius 1 is 1.53 bits per heavy atom. The highest BCUT2D eigenvalue weighted by Gasteiger charge is 2.15. The third kappa shape index (κ3) is 3.60. The molecule has 1 aromatic heterocycles. The van der Waals surface area contributed by atoms with Crippen molar-refractivity contribution < 1.29 is 4.74 Å². The van der Waals surface area contributed by atoms with E-state index < -0.39 is 0 Å². The SMILES string of the molecule is CCOCCN(C)[C@@H](C)c1n[nH]c(C)n1. The minimum absolute atomic E-state index is 0.218. The van der Waals surface area contributed by atoms with Crippen molar-refractivity contribution in [1.29, 1.82) is 0 Å². The first kappa shape index (κ1) is 12.1. The van der Waals surface area contributed by atoms with Crippen LogP contribution in [0.15, 0.2) is 0 Å². The summed E-state index contributed by atoms with van der Waals surface area (Å²) in [7, 11) is 2.05. The van der Waals surface area contributed by atoms with Gasteiger partial charge in [0.15, 0.2) is 5.82 Å². The van der Waals surface area contributed by atoms with Crippen LogP contribution in [0.4, 0.5) is 0 Å². The molecule has 1 aromatic rings. The molecule has 0 aromatic carbocycles. The maximum Gasteiger partial charge on any atom is 0.167 e. The maximum atomic E-state index is 5.31. The van der Waals surface area contributed by atoms with Crippen molar-refractivity contribution in [2.45, 2.75) is 26.8 Å². The van der Waals surface area contributed by atoms with Gasteiger partial charge < -0.3 is 4.74 Å². The lowest BCUT2D eigenvalue weighted by molar-refractivity contribution is 0.109. The van der Waals surface area contributed by atoms with E-state index in [1.807, 2.05) is 13.8 Å². The molecule has 0 unspecified atom stereocenters. The van der Waals surface area contributed by atoms with E-state index in [1.54, 1.807) is 0 Å². The number of rotatable bonds is 6. The fourth-order valence-corrected chi connectivity index (χ4v) is 1.29. The smallest absolute Gasteiger partial charge is 0.167 e. The fraction of sp³-hybridized carbons (Fsp3) is 0.800. The predicted molar refractivity (Wildman–Crippen MR) is 58.7 cm³/mol. The zero-order chi connectivity index (χ0) is 11.3. The van der Waals surface area contributed by atoms with E-state index in [9.17, 15) is 0 Å². The van der Waals surface area contributed by atoms with Gasteiger partial charge in [-0.25, -0.2) is 4.98 Å². The lowest BCUT2D eigenvalue weighted by Crippen LogP contribution is -2.27. The van der Waals surface area contributed by atoms with E-state index in [-0.39, 0.29) is 6.04 Å². The lowest BCUT2D eigenvalue weighted by Gasteiger charge is -2.21. The molecule has 0 aliphatic carbocycles. The average molecular weight is 212 g/mol. The number of aromatic nitrogens is 3. The number of nitrogens with one attached hydrogen (secondary N) is 1. The van der Waals surface area contributed by atoms with Crippen LogP contribution in [-0.4, -0.2) is 46.9 Å². The third-order valence-corrected chi connectivity index (χ3v) is 2.44. The molecule has 0 amide bonds. The largest absolute Gasteiger partial charge is 0.380 e. The predicted octanol–water partition coefficient (Wildman–Crippen LogP) is 1.14. The van der Waals surface area contributed by atoms with Gasteiger partial charge in [0.25, 0.3) is 0 Å². The number of H-pyrrole nitrogens is 1. The Labute approximate surface area is 90.8 Å². The van der Waals surface area contributed by atoms with Crippen molar-refractivity contribution in [1.82, 2.24) is 20.1 Å². The fourth-order valence-electron chi connectivity index (χ4n) is 1.29. The summed E-state index contributed by atoms with van der Waals surface area (Å²) in [6.45, 7) is 8.41. The van der Waals surface area contributed by atoms with Crippen LogP contribution in [0.2, 0.25) is 0 Å². The number of nitrogens with zero attached hydrogens (tertiary/aromatic N) is 3. The quantitative estimate of drug-likeness (QED) is 0.718. The van der Waals surface area contributed by atoms with Gasteiger partial charge in [-0.05, 0) is 27.8 Å². The topological polar surface area (TPSA) is 54.0 Å². The van der Waals surface area contributed by atoms with E-state index in [4.69, 9.17) is 4.74 Å². The Hall–Kier alpha value is -0.940. The molecular formula is C10H20N4O. The number of hydrogen-bond acceptors (Lipinski definition) is 4. The Balaban J connectivity index is 2.42. The van der Waals surface area contributed by atoms with Crippen LogP contribution >= 0.6 is 0 Å². The highest BCUT2D eigenvalue weighted by atomic mass is 16.5. The van der Waals surface area contributed by atoms with Gasteiger partial charge in [-0.15, -0.1) is 0 Å². The Morgan fingerprint density at radius 3 is 2.80 bits per heavy atom. The first-order valence-electron chi connectivity index (χ1n) is 5.32. The highest BCUT2D eigenvalue weighted by Crippen LogP contribution is 2.13. The van der Waals surface area contributed by atoms with Gasteiger partial charge in [-0.3, -0.25) is 10.00 Å². The molecule has 0 spiro atoms. The summed E-state index contributed by atoms with van der Waals surface area (Å²) in [6.07, 6.45) is 0. The molecule has 86 valence electrons. The Morgan fingerprint density at radius 2 is 2.27 bits per heavy atom. The summed E-state index contributed by atoms with van der Waals surface area (Å²) in [5, 5.41) is 7.00. The van der Waals surface area contributed by atoms with E-state index in [0.717, 1.165) is 31.4 Å². The second kappa shape index (κ2) is 5.82. The zero-order valence-electron chi connectivity index (χ0n) is 9.95. The monoisotopic (exact) mass is 212 g/mol. The molecule has 0 radical (unpaired) electrons. The van der Waals surface area contributed by atoms with Crippen LogP contribution in [0, 0.1) is 6.92 Å². The van der Waals surface area contributed by atoms with Crippen molar-refractivity contribution in [3.05, 3.63) is 11.6 Å². The lowest BCUT2D eigenvalue weighted by atomic mass is 10.3. The van der Waals surface area contributed by atoms with Gasteiger partial charge in [0, 0.05) is 13.2 Å². The number of hydrogen-bond donors (Lipinski definition) is 1. The van der Waals surface area contributed by atoms with Crippen molar-refractivity contribution >= 4 is 0 Å². The number of aryl methyl sites for hydroxylation is 1. The van der Waals surface area contributed by atoms with Crippen LogP contribution < -0.4 is 0 Å². The van der Waals surface area contributed by atoms with Gasteiger partial charge >= 0.3 is 0 Å². The molecular weight excluding hydrogens is 192 g/mol. The van der Waals surface area contributed by atoms with Gasteiger partial charge in [0.1, 0.15) is 5.82 Å². The molecule has 0 saturated heterocycles. The number of aromatic amines is 1. The zero-order valence-corrected chi connectivity index (χ0v) is 9.95. The minimum Gasteiger partial charge on any atom is -0.380 e. The molecule has 0 aliphatic rings. The van der Waals surface area contributed by atoms with E-state index in [2.05, 4.69) is 34.1 Å². The van der Waals surface area contributed by atoms with Crippen molar-refractivity contribution in [3.63, 3.8) is 0 Å². The summed E-state index contributed by atoms with van der Waals surface area (Å²) < 4.78 is 5.31. The molecule has 5 nitrogen and oxygen atoms in total. The third-order valence-electron chi connectivity index (χ3n) is 2.44. The van der Waals surface area contributed by atoms with Crippen molar-refractivity contribution in [2.24, 2.45) is 0 Å². The number of ether oxygens (including phenoxy) is 1. The molecule has 1 N–H and O–H groups in total. The Kier molecular flexibility index (Phi) is 4.71. The van der Waals surface area contributed by atoms with Gasteiger partial charge in [0.05, 0.1) is 12.6 Å². The van der Waals surface area contributed by atoms with Gasteiger partial charge in [0.2, 0.25) is 0 Å². The summed E-state index contributed by atoms with van der Waals surface area (Å²) >= 11 is 0. The second-order valence-corrected chi connectivity index (χ2v) is 3.63. The molecule has 0 fully saturated rings. The first-order chi connectivity index (χ1) is 7.15. The van der Waals surface area contributed by atoms with E-state index >= 15 is 0 Å². The average Bonchev–Trinajstić information content (AvgIpc) is 2.64. The van der Waals surface area contributed by atoms with Gasteiger partial charge in [-0.1, -0.05) is 0 Å². The van der Waals surface area contributed by atoms with E-state index in [0.29, 0.717) is 0 Å².